The number of carbonyl (C=O) groups is 3. The minimum absolute atomic E-state index is 0.0520. The van der Waals surface area contributed by atoms with Crippen LogP contribution in [0, 0.1) is 19.8 Å². The normalized spacial score (nSPS) is 16.1. The summed E-state index contributed by atoms with van der Waals surface area (Å²) in [5.74, 6) is -1.87. The fourth-order valence-electron chi connectivity index (χ4n) is 3.25. The Labute approximate surface area is 178 Å². The van der Waals surface area contributed by atoms with E-state index in [2.05, 4.69) is 5.32 Å². The van der Waals surface area contributed by atoms with Crippen molar-refractivity contribution in [1.82, 2.24) is 0 Å². The van der Waals surface area contributed by atoms with Crippen molar-refractivity contribution < 1.29 is 19.1 Å². The van der Waals surface area contributed by atoms with Crippen LogP contribution in [0.15, 0.2) is 36.4 Å². The van der Waals surface area contributed by atoms with Gasteiger partial charge in [0.1, 0.15) is 0 Å². The molecule has 1 atom stereocenters. The quantitative estimate of drug-likeness (QED) is 0.717. The number of rotatable bonds is 5. The van der Waals surface area contributed by atoms with Gasteiger partial charge in [-0.15, -0.1) is 0 Å². The van der Waals surface area contributed by atoms with Crippen LogP contribution in [-0.4, -0.2) is 30.9 Å². The number of hydrogen-bond acceptors (Lipinski definition) is 4. The standard InChI is InChI=1S/C21H20Cl2N2O4/c1-12-5-13(2)7-16(6-12)25-10-14(8-20(25)27)21(28)29-11-19(26)24-18-4-3-15(22)9-17(18)23/h3-7,9,14H,8,10-11H2,1-2H3,(H,24,26)/t14-/m1/s1. The molecule has 1 aliphatic rings. The summed E-state index contributed by atoms with van der Waals surface area (Å²) >= 11 is 11.8. The lowest BCUT2D eigenvalue weighted by Crippen LogP contribution is -2.28. The Balaban J connectivity index is 1.56. The second kappa shape index (κ2) is 8.84. The smallest absolute Gasteiger partial charge is 0.311 e. The van der Waals surface area contributed by atoms with Crippen molar-refractivity contribution in [3.05, 3.63) is 57.6 Å². The minimum atomic E-state index is -0.616. The minimum Gasteiger partial charge on any atom is -0.455 e. The molecule has 3 rings (SSSR count). The topological polar surface area (TPSA) is 75.7 Å². The molecule has 1 fully saturated rings. The molecule has 2 aromatic rings. The van der Waals surface area contributed by atoms with Crippen molar-refractivity contribution in [1.29, 1.82) is 0 Å². The lowest BCUT2D eigenvalue weighted by Gasteiger charge is -2.18. The molecule has 1 heterocycles. The molecule has 0 saturated carbocycles. The summed E-state index contributed by atoms with van der Waals surface area (Å²) in [6, 6.07) is 10.5. The summed E-state index contributed by atoms with van der Waals surface area (Å²) in [5.41, 5.74) is 3.21. The third-order valence-electron chi connectivity index (χ3n) is 4.53. The Bertz CT molecular complexity index is 957. The van der Waals surface area contributed by atoms with Crippen LogP contribution in [0.4, 0.5) is 11.4 Å². The number of benzene rings is 2. The Hall–Kier alpha value is -2.57. The van der Waals surface area contributed by atoms with E-state index < -0.39 is 24.4 Å². The lowest BCUT2D eigenvalue weighted by atomic mass is 10.1. The Morgan fingerprint density at radius 3 is 2.48 bits per heavy atom. The summed E-state index contributed by atoms with van der Waals surface area (Å²) in [5, 5.41) is 3.28. The van der Waals surface area contributed by atoms with E-state index in [1.165, 1.54) is 6.07 Å². The van der Waals surface area contributed by atoms with Gasteiger partial charge in [-0.25, -0.2) is 0 Å². The number of nitrogens with zero attached hydrogens (tertiary/aromatic N) is 1. The first-order chi connectivity index (χ1) is 13.7. The number of nitrogens with one attached hydrogen (secondary N) is 1. The first-order valence-electron chi connectivity index (χ1n) is 9.03. The maximum absolute atomic E-state index is 12.4. The molecule has 1 aliphatic heterocycles. The number of anilines is 2. The van der Waals surface area contributed by atoms with Crippen molar-refractivity contribution in [2.75, 3.05) is 23.4 Å². The van der Waals surface area contributed by atoms with E-state index in [0.717, 1.165) is 16.8 Å². The van der Waals surface area contributed by atoms with Gasteiger partial charge < -0.3 is 15.0 Å². The third kappa shape index (κ3) is 5.28. The zero-order chi connectivity index (χ0) is 21.1. The highest BCUT2D eigenvalue weighted by atomic mass is 35.5. The van der Waals surface area contributed by atoms with Crippen molar-refractivity contribution in [3.63, 3.8) is 0 Å². The molecular formula is C21H20Cl2N2O4. The van der Waals surface area contributed by atoms with Crippen LogP contribution in [0.1, 0.15) is 17.5 Å². The highest BCUT2D eigenvalue weighted by Crippen LogP contribution is 2.28. The monoisotopic (exact) mass is 434 g/mol. The predicted molar refractivity (Wildman–Crippen MR) is 112 cm³/mol. The zero-order valence-electron chi connectivity index (χ0n) is 16.0. The van der Waals surface area contributed by atoms with Crippen molar-refractivity contribution >= 4 is 52.4 Å². The average Bonchev–Trinajstić information content (AvgIpc) is 3.03. The molecule has 152 valence electrons. The molecule has 1 saturated heterocycles. The molecule has 29 heavy (non-hydrogen) atoms. The van der Waals surface area contributed by atoms with E-state index in [-0.39, 0.29) is 23.9 Å². The van der Waals surface area contributed by atoms with E-state index in [9.17, 15) is 14.4 Å². The van der Waals surface area contributed by atoms with E-state index in [4.69, 9.17) is 27.9 Å². The number of amides is 2. The largest absolute Gasteiger partial charge is 0.455 e. The number of aryl methyl sites for hydroxylation is 2. The van der Waals surface area contributed by atoms with Crippen molar-refractivity contribution in [2.45, 2.75) is 20.3 Å². The van der Waals surface area contributed by atoms with E-state index in [0.29, 0.717) is 10.7 Å². The molecule has 2 aromatic carbocycles. The SMILES string of the molecule is Cc1cc(C)cc(N2C[C@H](C(=O)OCC(=O)Nc3ccc(Cl)cc3Cl)CC2=O)c1. The predicted octanol–water partition coefficient (Wildman–Crippen LogP) is 4.15. The van der Waals surface area contributed by atoms with Gasteiger partial charge in [0.15, 0.2) is 6.61 Å². The van der Waals surface area contributed by atoms with Crippen LogP contribution in [0.2, 0.25) is 10.0 Å². The van der Waals surface area contributed by atoms with Crippen LogP contribution >= 0.6 is 23.2 Å². The summed E-state index contributed by atoms with van der Waals surface area (Å²) in [4.78, 5) is 38.3. The highest BCUT2D eigenvalue weighted by Gasteiger charge is 2.36. The second-order valence-electron chi connectivity index (χ2n) is 7.03. The van der Waals surface area contributed by atoms with Gasteiger partial charge in [0.05, 0.1) is 16.6 Å². The Kier molecular flexibility index (Phi) is 6.45. The fraction of sp³-hybridized carbons (Fsp3) is 0.286. The van der Waals surface area contributed by atoms with Crippen LogP contribution in [-0.2, 0) is 19.1 Å². The first-order valence-corrected chi connectivity index (χ1v) is 9.78. The molecule has 2 amide bonds. The fourth-order valence-corrected chi connectivity index (χ4v) is 3.71. The van der Waals surface area contributed by atoms with Gasteiger partial charge >= 0.3 is 5.97 Å². The number of ether oxygens (including phenoxy) is 1. The molecule has 0 aliphatic carbocycles. The molecule has 6 nitrogen and oxygen atoms in total. The van der Waals surface area contributed by atoms with Gasteiger partial charge in [-0.1, -0.05) is 29.3 Å². The van der Waals surface area contributed by atoms with Crippen molar-refractivity contribution in [2.24, 2.45) is 5.92 Å². The van der Waals surface area contributed by atoms with Gasteiger partial charge in [0.2, 0.25) is 5.91 Å². The summed E-state index contributed by atoms with van der Waals surface area (Å²) in [7, 11) is 0. The summed E-state index contributed by atoms with van der Waals surface area (Å²) < 4.78 is 5.10. The van der Waals surface area contributed by atoms with Crippen LogP contribution in [0.3, 0.4) is 0 Å². The molecule has 8 heteroatoms. The van der Waals surface area contributed by atoms with Gasteiger partial charge in [-0.05, 0) is 55.3 Å². The molecule has 0 aromatic heterocycles. The van der Waals surface area contributed by atoms with Gasteiger partial charge in [-0.2, -0.15) is 0 Å². The van der Waals surface area contributed by atoms with E-state index in [1.807, 2.05) is 32.0 Å². The Morgan fingerprint density at radius 2 is 1.83 bits per heavy atom. The first kappa shape index (κ1) is 21.1. The number of hydrogen-bond donors (Lipinski definition) is 1. The number of esters is 1. The van der Waals surface area contributed by atoms with Gasteiger partial charge in [0.25, 0.3) is 5.91 Å². The number of halogens is 2. The van der Waals surface area contributed by atoms with E-state index >= 15 is 0 Å². The maximum atomic E-state index is 12.4. The third-order valence-corrected chi connectivity index (χ3v) is 5.08. The Morgan fingerprint density at radius 1 is 1.14 bits per heavy atom. The molecule has 0 bridgehead atoms. The molecule has 0 spiro atoms. The van der Waals surface area contributed by atoms with Crippen molar-refractivity contribution in [3.8, 4) is 0 Å². The van der Waals surface area contributed by atoms with Crippen LogP contribution < -0.4 is 10.2 Å². The van der Waals surface area contributed by atoms with Crippen LogP contribution in [0.5, 0.6) is 0 Å². The maximum Gasteiger partial charge on any atom is 0.311 e. The lowest BCUT2D eigenvalue weighted by molar-refractivity contribution is -0.151. The highest BCUT2D eigenvalue weighted by molar-refractivity contribution is 6.36. The van der Waals surface area contributed by atoms with Crippen LogP contribution in [0.25, 0.3) is 0 Å². The molecule has 0 radical (unpaired) electrons. The molecular weight excluding hydrogens is 415 g/mol. The molecule has 1 N–H and O–H groups in total. The second-order valence-corrected chi connectivity index (χ2v) is 7.87. The van der Waals surface area contributed by atoms with Gasteiger partial charge in [0, 0.05) is 23.7 Å². The summed E-state index contributed by atoms with van der Waals surface area (Å²) in [6.07, 6.45) is 0.0520. The average molecular weight is 435 g/mol. The zero-order valence-corrected chi connectivity index (χ0v) is 17.5. The molecule has 0 unspecified atom stereocenters. The van der Waals surface area contributed by atoms with Gasteiger partial charge in [-0.3, -0.25) is 14.4 Å². The summed E-state index contributed by atoms with van der Waals surface area (Å²) in [6.45, 7) is 3.67. The number of carbonyl (C=O) groups excluding carboxylic acids is 3. The van der Waals surface area contributed by atoms with E-state index in [1.54, 1.807) is 17.0 Å².